The fourth-order valence-electron chi connectivity index (χ4n) is 9.41. The largest absolute Gasteiger partial charge is 0.337 e. The molecule has 0 fully saturated rings. The Morgan fingerprint density at radius 1 is 0.600 bits per heavy atom. The number of nitrogens with zero attached hydrogens (tertiary/aromatic N) is 2. The van der Waals surface area contributed by atoms with Crippen LogP contribution in [0.1, 0.15) is 67.0 Å². The third kappa shape index (κ3) is 4.92. The predicted molar refractivity (Wildman–Crippen MR) is 213 cm³/mol. The van der Waals surface area contributed by atoms with E-state index in [9.17, 15) is 0 Å². The number of rotatable bonds is 5. The van der Waals surface area contributed by atoms with Gasteiger partial charge in [-0.2, -0.15) is 0 Å². The molecule has 0 N–H and O–H groups in total. The van der Waals surface area contributed by atoms with Crippen LogP contribution in [0.2, 0.25) is 0 Å². The first-order valence-electron chi connectivity index (χ1n) is 18.6. The second-order valence-corrected chi connectivity index (χ2v) is 14.6. The van der Waals surface area contributed by atoms with Gasteiger partial charge in [0.15, 0.2) is 0 Å². The van der Waals surface area contributed by atoms with Gasteiger partial charge in [0.1, 0.15) is 0 Å². The van der Waals surface area contributed by atoms with E-state index in [1.807, 2.05) is 0 Å². The summed E-state index contributed by atoms with van der Waals surface area (Å²) in [6.07, 6.45) is 29.1. The number of allylic oxidation sites excluding steroid dienone is 11. The van der Waals surface area contributed by atoms with E-state index >= 15 is 0 Å². The molecule has 4 aliphatic carbocycles. The van der Waals surface area contributed by atoms with E-state index in [2.05, 4.69) is 161 Å². The molecule has 10 rings (SSSR count). The van der Waals surface area contributed by atoms with Crippen LogP contribution in [0.25, 0.3) is 55.6 Å². The first-order chi connectivity index (χ1) is 24.8. The topological polar surface area (TPSA) is 9.86 Å². The van der Waals surface area contributed by atoms with E-state index in [-0.39, 0.29) is 0 Å². The molecule has 2 nitrogen and oxygen atoms in total. The minimum Gasteiger partial charge on any atom is -0.337 e. The van der Waals surface area contributed by atoms with Crippen LogP contribution in [0.5, 0.6) is 0 Å². The quantitative estimate of drug-likeness (QED) is 0.176. The van der Waals surface area contributed by atoms with Crippen LogP contribution in [0.3, 0.4) is 0 Å². The Kier molecular flexibility index (Phi) is 7.22. The summed E-state index contributed by atoms with van der Waals surface area (Å²) in [5.74, 6) is 1.08. The summed E-state index contributed by atoms with van der Waals surface area (Å²) < 4.78 is 5.23. The third-order valence-electron chi connectivity index (χ3n) is 11.8. The summed E-state index contributed by atoms with van der Waals surface area (Å²) in [6.45, 7) is 0. The lowest BCUT2D eigenvalue weighted by atomic mass is 9.82. The number of aromatic nitrogens is 2. The Balaban J connectivity index is 1.05. The highest BCUT2D eigenvalue weighted by atomic mass is 15.0. The summed E-state index contributed by atoms with van der Waals surface area (Å²) in [4.78, 5) is 0. The van der Waals surface area contributed by atoms with Crippen molar-refractivity contribution in [3.05, 3.63) is 168 Å². The Morgan fingerprint density at radius 2 is 1.40 bits per heavy atom. The second-order valence-electron chi connectivity index (χ2n) is 14.6. The zero-order chi connectivity index (χ0) is 33.0. The van der Waals surface area contributed by atoms with E-state index in [0.29, 0.717) is 17.9 Å². The molecule has 0 saturated carbocycles. The molecular formula is C48H42N2. The van der Waals surface area contributed by atoms with Crippen LogP contribution in [0, 0.1) is 11.8 Å². The van der Waals surface area contributed by atoms with Gasteiger partial charge in [0, 0.05) is 38.6 Å². The number of fused-ring (bicyclic) bond motifs is 6. The minimum atomic E-state index is 0.388. The molecule has 50 heavy (non-hydrogen) atoms. The Labute approximate surface area is 294 Å². The first-order valence-corrected chi connectivity index (χ1v) is 18.6. The molecular weight excluding hydrogens is 605 g/mol. The molecule has 3 unspecified atom stereocenters. The molecule has 0 amide bonds. The maximum atomic E-state index is 2.69. The van der Waals surface area contributed by atoms with Crippen molar-refractivity contribution in [2.45, 2.75) is 51.0 Å². The van der Waals surface area contributed by atoms with Crippen LogP contribution < -0.4 is 0 Å². The first kappa shape index (κ1) is 29.6. The minimum absolute atomic E-state index is 0.388. The molecule has 0 spiro atoms. The zero-order valence-corrected chi connectivity index (χ0v) is 28.5. The highest BCUT2D eigenvalue weighted by Crippen LogP contribution is 2.44. The molecule has 0 saturated heterocycles. The average molecular weight is 647 g/mol. The molecule has 2 heterocycles. The van der Waals surface area contributed by atoms with Crippen LogP contribution in [0.4, 0.5) is 0 Å². The Hall–Kier alpha value is -5.34. The van der Waals surface area contributed by atoms with Gasteiger partial charge < -0.3 is 9.13 Å². The van der Waals surface area contributed by atoms with E-state index in [1.165, 1.54) is 84.8 Å². The van der Waals surface area contributed by atoms with Crippen molar-refractivity contribution >= 4 is 55.6 Å². The van der Waals surface area contributed by atoms with E-state index < -0.39 is 0 Å². The summed E-state index contributed by atoms with van der Waals surface area (Å²) in [6, 6.07) is 36.7. The molecule has 4 aromatic carbocycles. The van der Waals surface area contributed by atoms with Gasteiger partial charge in [0.05, 0.1) is 17.1 Å². The summed E-state index contributed by atoms with van der Waals surface area (Å²) in [5, 5.41) is 4.07. The molecule has 0 aliphatic heterocycles. The normalized spacial score (nSPS) is 21.8. The predicted octanol–water partition coefficient (Wildman–Crippen LogP) is 12.6. The fourth-order valence-corrected chi connectivity index (χ4v) is 9.41. The molecule has 6 aromatic rings. The fraction of sp³-hybridized carbons (Fsp3) is 0.208. The van der Waals surface area contributed by atoms with Gasteiger partial charge in [-0.25, -0.2) is 0 Å². The summed E-state index contributed by atoms with van der Waals surface area (Å²) in [7, 11) is 0. The van der Waals surface area contributed by atoms with Crippen molar-refractivity contribution in [3.63, 3.8) is 0 Å². The van der Waals surface area contributed by atoms with Crippen molar-refractivity contribution < 1.29 is 0 Å². The lowest BCUT2D eigenvalue weighted by Crippen LogP contribution is -2.15. The van der Waals surface area contributed by atoms with Gasteiger partial charge in [0.25, 0.3) is 0 Å². The summed E-state index contributed by atoms with van der Waals surface area (Å²) in [5.41, 5.74) is 13.9. The summed E-state index contributed by atoms with van der Waals surface area (Å²) >= 11 is 0. The number of para-hydroxylation sites is 2. The van der Waals surface area contributed by atoms with Crippen molar-refractivity contribution in [2.24, 2.45) is 11.8 Å². The number of hydrogen-bond donors (Lipinski definition) is 0. The molecule has 244 valence electrons. The van der Waals surface area contributed by atoms with Crippen molar-refractivity contribution in [1.82, 2.24) is 9.13 Å². The lowest BCUT2D eigenvalue weighted by Gasteiger charge is -2.27. The smallest absolute Gasteiger partial charge is 0.0538 e. The maximum Gasteiger partial charge on any atom is 0.0538 e. The average Bonchev–Trinajstić information content (AvgIpc) is 3.71. The monoisotopic (exact) mass is 646 g/mol. The van der Waals surface area contributed by atoms with Gasteiger partial charge in [-0.15, -0.1) is 0 Å². The highest BCUT2D eigenvalue weighted by Gasteiger charge is 2.27. The molecule has 0 radical (unpaired) electrons. The SMILES string of the molecule is C1=CCC(C2C=CC=C(n3c4ccccc4c4cc(C5=Cc6c(n(C7C=C(c8ccccc8)CCC7)c7ccccc67)CC5)ccc43)C2)C=C1. The third-order valence-corrected chi connectivity index (χ3v) is 11.8. The highest BCUT2D eigenvalue weighted by molar-refractivity contribution is 6.11. The molecule has 2 aromatic heterocycles. The van der Waals surface area contributed by atoms with Gasteiger partial charge >= 0.3 is 0 Å². The van der Waals surface area contributed by atoms with Crippen molar-refractivity contribution in [1.29, 1.82) is 0 Å². The maximum absolute atomic E-state index is 2.69. The van der Waals surface area contributed by atoms with Crippen LogP contribution in [0.15, 0.2) is 146 Å². The van der Waals surface area contributed by atoms with Crippen molar-refractivity contribution in [2.75, 3.05) is 0 Å². The Morgan fingerprint density at radius 3 is 2.28 bits per heavy atom. The number of benzene rings is 4. The number of hydrogen-bond acceptors (Lipinski definition) is 0. The van der Waals surface area contributed by atoms with Crippen LogP contribution in [-0.4, -0.2) is 9.13 Å². The van der Waals surface area contributed by atoms with Gasteiger partial charge in [-0.05, 0) is 115 Å². The van der Waals surface area contributed by atoms with Gasteiger partial charge in [0.2, 0.25) is 0 Å². The van der Waals surface area contributed by atoms with Crippen LogP contribution >= 0.6 is 0 Å². The zero-order valence-electron chi connectivity index (χ0n) is 28.5. The van der Waals surface area contributed by atoms with E-state index in [0.717, 1.165) is 32.1 Å². The molecule has 4 aliphatic rings. The second kappa shape index (κ2) is 12.2. The standard InChI is InChI=1S/C48H42N2/c1-3-13-33(14-4-1)35-17-11-19-39(29-35)49-45-23-9-7-21-41(45)43-31-37(25-27-47(43)49)38-26-28-48-44(32-38)42-22-8-10-24-46(42)50(48)40-20-12-18-36(30-40)34-15-5-2-6-16-34/h1-11,13,15-17,19,21-25,27,30-33,35,40H,12,14,18,20,26,28-29H2. The lowest BCUT2D eigenvalue weighted by molar-refractivity contribution is 0.478. The molecule has 0 bridgehead atoms. The van der Waals surface area contributed by atoms with Gasteiger partial charge in [-0.1, -0.05) is 115 Å². The van der Waals surface area contributed by atoms with Crippen LogP contribution in [-0.2, 0) is 6.42 Å². The van der Waals surface area contributed by atoms with E-state index in [1.54, 1.807) is 0 Å². The Bertz CT molecular complexity index is 2470. The molecule has 2 heteroatoms. The van der Waals surface area contributed by atoms with E-state index in [4.69, 9.17) is 0 Å². The molecule has 3 atom stereocenters. The van der Waals surface area contributed by atoms with Crippen molar-refractivity contribution in [3.8, 4) is 0 Å². The van der Waals surface area contributed by atoms with Gasteiger partial charge in [-0.3, -0.25) is 0 Å².